The highest BCUT2D eigenvalue weighted by molar-refractivity contribution is 5.80. The summed E-state index contributed by atoms with van der Waals surface area (Å²) in [7, 11) is 1.55. The van der Waals surface area contributed by atoms with Crippen molar-refractivity contribution in [2.75, 3.05) is 20.2 Å². The van der Waals surface area contributed by atoms with Gasteiger partial charge in [0.1, 0.15) is 12.2 Å². The summed E-state index contributed by atoms with van der Waals surface area (Å²) < 4.78 is 5.08. The van der Waals surface area contributed by atoms with Crippen molar-refractivity contribution in [1.82, 2.24) is 4.90 Å². The van der Waals surface area contributed by atoms with Gasteiger partial charge in [-0.15, -0.1) is 0 Å². The largest absolute Gasteiger partial charge is 0.444 e. The standard InChI is InChI=1S/C10H19NO4/c1-10(2,3)15-9(14)11(4)6-5-8(13)7-12/h12H,5-7H2,1-4H3. The van der Waals surface area contributed by atoms with Crippen LogP contribution in [0.25, 0.3) is 0 Å². The molecule has 5 nitrogen and oxygen atoms in total. The molecule has 0 aliphatic carbocycles. The molecular weight excluding hydrogens is 198 g/mol. The summed E-state index contributed by atoms with van der Waals surface area (Å²) in [4.78, 5) is 23.5. The number of carbonyl (C=O) groups is 2. The highest BCUT2D eigenvalue weighted by Crippen LogP contribution is 2.09. The molecule has 0 saturated heterocycles. The van der Waals surface area contributed by atoms with E-state index >= 15 is 0 Å². The number of aliphatic hydroxyl groups excluding tert-OH is 1. The van der Waals surface area contributed by atoms with E-state index in [9.17, 15) is 9.59 Å². The Labute approximate surface area is 90.0 Å². The molecule has 0 heterocycles. The summed E-state index contributed by atoms with van der Waals surface area (Å²) in [6.45, 7) is 5.10. The van der Waals surface area contributed by atoms with E-state index < -0.39 is 18.3 Å². The molecule has 0 spiro atoms. The van der Waals surface area contributed by atoms with Gasteiger partial charge >= 0.3 is 6.09 Å². The van der Waals surface area contributed by atoms with Gasteiger partial charge in [0.2, 0.25) is 0 Å². The molecule has 0 fully saturated rings. The normalized spacial score (nSPS) is 11.0. The summed E-state index contributed by atoms with van der Waals surface area (Å²) in [5.74, 6) is -0.287. The highest BCUT2D eigenvalue weighted by atomic mass is 16.6. The number of ketones is 1. The molecule has 0 aromatic rings. The molecule has 0 aromatic carbocycles. The van der Waals surface area contributed by atoms with Crippen LogP contribution >= 0.6 is 0 Å². The maximum atomic E-state index is 11.4. The minimum atomic E-state index is -0.535. The predicted octanol–water partition coefficient (Wildman–Crippen LogP) is 0.805. The summed E-state index contributed by atoms with van der Waals surface area (Å²) >= 11 is 0. The number of amides is 1. The number of hydrogen-bond donors (Lipinski definition) is 1. The fourth-order valence-electron chi connectivity index (χ4n) is 0.803. The Morgan fingerprint density at radius 3 is 2.27 bits per heavy atom. The van der Waals surface area contributed by atoms with Crippen molar-refractivity contribution in [3.63, 3.8) is 0 Å². The zero-order valence-corrected chi connectivity index (χ0v) is 9.74. The van der Waals surface area contributed by atoms with Gasteiger partial charge in [0.25, 0.3) is 0 Å². The lowest BCUT2D eigenvalue weighted by Crippen LogP contribution is -2.35. The Hall–Kier alpha value is -1.10. The van der Waals surface area contributed by atoms with E-state index in [4.69, 9.17) is 9.84 Å². The molecule has 88 valence electrons. The number of carbonyl (C=O) groups excluding carboxylic acids is 2. The molecule has 1 N–H and O–H groups in total. The molecule has 0 aliphatic heterocycles. The van der Waals surface area contributed by atoms with Gasteiger partial charge in [0.15, 0.2) is 5.78 Å². The zero-order chi connectivity index (χ0) is 12.1. The number of rotatable bonds is 4. The number of aliphatic hydroxyl groups is 1. The van der Waals surface area contributed by atoms with Crippen molar-refractivity contribution >= 4 is 11.9 Å². The third kappa shape index (κ3) is 6.90. The Morgan fingerprint density at radius 2 is 1.87 bits per heavy atom. The molecule has 1 amide bonds. The van der Waals surface area contributed by atoms with Gasteiger partial charge in [-0.05, 0) is 20.8 Å². The smallest absolute Gasteiger partial charge is 0.410 e. The summed E-state index contributed by atoms with van der Waals surface area (Å²) in [5.41, 5.74) is -0.535. The Bertz CT molecular complexity index is 232. The third-order valence-electron chi connectivity index (χ3n) is 1.61. The van der Waals surface area contributed by atoms with Crippen LogP contribution in [-0.4, -0.2) is 47.7 Å². The second-order valence-electron chi connectivity index (χ2n) is 4.35. The lowest BCUT2D eigenvalue weighted by Gasteiger charge is -2.24. The van der Waals surface area contributed by atoms with E-state index in [2.05, 4.69) is 0 Å². The van der Waals surface area contributed by atoms with Gasteiger partial charge in [-0.1, -0.05) is 0 Å². The SMILES string of the molecule is CN(CCC(=O)CO)C(=O)OC(C)(C)C. The maximum absolute atomic E-state index is 11.4. The highest BCUT2D eigenvalue weighted by Gasteiger charge is 2.19. The van der Waals surface area contributed by atoms with Crippen LogP contribution in [0.2, 0.25) is 0 Å². The quantitative estimate of drug-likeness (QED) is 0.756. The molecule has 15 heavy (non-hydrogen) atoms. The van der Waals surface area contributed by atoms with E-state index in [1.807, 2.05) is 0 Å². The Balaban J connectivity index is 3.95. The number of Topliss-reactive ketones (excluding diaryl/α,β-unsaturated/α-hetero) is 1. The number of hydrogen-bond acceptors (Lipinski definition) is 4. The van der Waals surface area contributed by atoms with Crippen LogP contribution in [0.1, 0.15) is 27.2 Å². The van der Waals surface area contributed by atoms with E-state index in [0.717, 1.165) is 0 Å². The van der Waals surface area contributed by atoms with Crippen LogP contribution < -0.4 is 0 Å². The van der Waals surface area contributed by atoms with Crippen LogP contribution in [0.5, 0.6) is 0 Å². The van der Waals surface area contributed by atoms with E-state index in [-0.39, 0.29) is 18.7 Å². The van der Waals surface area contributed by atoms with E-state index in [1.54, 1.807) is 27.8 Å². The van der Waals surface area contributed by atoms with Gasteiger partial charge in [0.05, 0.1) is 0 Å². The molecule has 0 aromatic heterocycles. The lowest BCUT2D eigenvalue weighted by atomic mass is 10.2. The fraction of sp³-hybridized carbons (Fsp3) is 0.800. The lowest BCUT2D eigenvalue weighted by molar-refractivity contribution is -0.121. The van der Waals surface area contributed by atoms with Crippen LogP contribution in [-0.2, 0) is 9.53 Å². The first-order chi connectivity index (χ1) is 6.76. The first-order valence-corrected chi connectivity index (χ1v) is 4.83. The molecule has 0 aliphatic rings. The van der Waals surface area contributed by atoms with Gasteiger partial charge < -0.3 is 14.7 Å². The fourth-order valence-corrected chi connectivity index (χ4v) is 0.803. The molecule has 0 atom stereocenters. The molecule has 0 saturated carbocycles. The van der Waals surface area contributed by atoms with Crippen LogP contribution in [0, 0.1) is 0 Å². The molecule has 0 rings (SSSR count). The Morgan fingerprint density at radius 1 is 1.33 bits per heavy atom. The minimum absolute atomic E-state index is 0.145. The maximum Gasteiger partial charge on any atom is 0.410 e. The summed E-state index contributed by atoms with van der Waals surface area (Å²) in [6.07, 6.45) is -0.320. The van der Waals surface area contributed by atoms with Crippen molar-refractivity contribution in [1.29, 1.82) is 0 Å². The monoisotopic (exact) mass is 217 g/mol. The number of ether oxygens (including phenoxy) is 1. The molecule has 0 unspecified atom stereocenters. The number of nitrogens with zero attached hydrogens (tertiary/aromatic N) is 1. The van der Waals surface area contributed by atoms with Crippen LogP contribution in [0.3, 0.4) is 0 Å². The average molecular weight is 217 g/mol. The summed E-state index contributed by atoms with van der Waals surface area (Å²) in [6, 6.07) is 0. The molecule has 5 heteroatoms. The summed E-state index contributed by atoms with van der Waals surface area (Å²) in [5, 5.41) is 8.49. The average Bonchev–Trinajstić information content (AvgIpc) is 2.10. The van der Waals surface area contributed by atoms with Crippen LogP contribution in [0.15, 0.2) is 0 Å². The van der Waals surface area contributed by atoms with Crippen molar-refractivity contribution in [2.45, 2.75) is 32.8 Å². The molecule has 0 bridgehead atoms. The first-order valence-electron chi connectivity index (χ1n) is 4.83. The van der Waals surface area contributed by atoms with Gasteiger partial charge in [0, 0.05) is 20.0 Å². The van der Waals surface area contributed by atoms with Crippen molar-refractivity contribution in [3.8, 4) is 0 Å². The van der Waals surface area contributed by atoms with Crippen molar-refractivity contribution in [3.05, 3.63) is 0 Å². The minimum Gasteiger partial charge on any atom is -0.444 e. The van der Waals surface area contributed by atoms with Gasteiger partial charge in [-0.25, -0.2) is 4.79 Å². The van der Waals surface area contributed by atoms with Gasteiger partial charge in [-0.2, -0.15) is 0 Å². The second-order valence-corrected chi connectivity index (χ2v) is 4.35. The zero-order valence-electron chi connectivity index (χ0n) is 9.74. The van der Waals surface area contributed by atoms with E-state index in [1.165, 1.54) is 4.90 Å². The third-order valence-corrected chi connectivity index (χ3v) is 1.61. The first kappa shape index (κ1) is 13.9. The molecular formula is C10H19NO4. The molecule has 0 radical (unpaired) electrons. The topological polar surface area (TPSA) is 66.8 Å². The Kier molecular flexibility index (Phi) is 5.28. The van der Waals surface area contributed by atoms with Gasteiger partial charge in [-0.3, -0.25) is 4.79 Å². The van der Waals surface area contributed by atoms with Crippen molar-refractivity contribution < 1.29 is 19.4 Å². The van der Waals surface area contributed by atoms with Crippen molar-refractivity contribution in [2.24, 2.45) is 0 Å². The van der Waals surface area contributed by atoms with Crippen LogP contribution in [0.4, 0.5) is 4.79 Å². The predicted molar refractivity (Wildman–Crippen MR) is 55.6 cm³/mol. The van der Waals surface area contributed by atoms with E-state index in [0.29, 0.717) is 0 Å². The second kappa shape index (κ2) is 5.70.